The zero-order chi connectivity index (χ0) is 10.6. The van der Waals surface area contributed by atoms with Crippen molar-refractivity contribution in [1.29, 1.82) is 0 Å². The quantitative estimate of drug-likeness (QED) is 0.697. The fourth-order valence-corrected chi connectivity index (χ4v) is 2.18. The lowest BCUT2D eigenvalue weighted by Crippen LogP contribution is -2.40. The highest BCUT2D eigenvalue weighted by molar-refractivity contribution is 4.86. The van der Waals surface area contributed by atoms with Gasteiger partial charge in [-0.3, -0.25) is 0 Å². The molecule has 3 heteroatoms. The zero-order valence-electron chi connectivity index (χ0n) is 9.37. The summed E-state index contributed by atoms with van der Waals surface area (Å²) in [4.78, 5) is 2.12. The first kappa shape index (κ1) is 12.0. The lowest BCUT2D eigenvalue weighted by molar-refractivity contribution is 0.0134. The van der Waals surface area contributed by atoms with Crippen LogP contribution in [0.25, 0.3) is 0 Å². The monoisotopic (exact) mass is 201 g/mol. The predicted octanol–water partition coefficient (Wildman–Crippen LogP) is 0.994. The summed E-state index contributed by atoms with van der Waals surface area (Å²) in [5, 5.41) is 19.3. The van der Waals surface area contributed by atoms with Gasteiger partial charge in [-0.15, -0.1) is 0 Å². The van der Waals surface area contributed by atoms with Crippen molar-refractivity contribution in [2.75, 3.05) is 20.1 Å². The Morgan fingerprint density at radius 2 is 1.93 bits per heavy atom. The first-order chi connectivity index (χ1) is 6.52. The van der Waals surface area contributed by atoms with Crippen molar-refractivity contribution in [2.45, 2.75) is 50.7 Å². The van der Waals surface area contributed by atoms with Crippen molar-refractivity contribution in [3.8, 4) is 0 Å². The smallest absolute Gasteiger partial charge is 0.0774 e. The van der Waals surface area contributed by atoms with Crippen LogP contribution in [0.4, 0.5) is 0 Å². The van der Waals surface area contributed by atoms with Crippen LogP contribution in [0.5, 0.6) is 0 Å². The van der Waals surface area contributed by atoms with E-state index in [-0.39, 0.29) is 6.10 Å². The van der Waals surface area contributed by atoms with Crippen LogP contribution >= 0.6 is 0 Å². The van der Waals surface area contributed by atoms with E-state index in [1.807, 2.05) is 7.05 Å². The Kier molecular flexibility index (Phi) is 4.35. The van der Waals surface area contributed by atoms with Gasteiger partial charge in [-0.25, -0.2) is 0 Å². The Balaban J connectivity index is 2.21. The van der Waals surface area contributed by atoms with Gasteiger partial charge in [0.15, 0.2) is 0 Å². The average Bonchev–Trinajstić information content (AvgIpc) is 2.48. The van der Waals surface area contributed by atoms with Crippen molar-refractivity contribution >= 4 is 0 Å². The molecule has 0 aliphatic heterocycles. The summed E-state index contributed by atoms with van der Waals surface area (Å²) in [5.41, 5.74) is -0.451. The lowest BCUT2D eigenvalue weighted by Gasteiger charge is -2.28. The minimum Gasteiger partial charge on any atom is -0.393 e. The Morgan fingerprint density at radius 3 is 2.43 bits per heavy atom. The van der Waals surface area contributed by atoms with E-state index in [9.17, 15) is 5.11 Å². The predicted molar refractivity (Wildman–Crippen MR) is 57.2 cm³/mol. The molecular formula is C11H23NO2. The van der Waals surface area contributed by atoms with Gasteiger partial charge < -0.3 is 15.1 Å². The van der Waals surface area contributed by atoms with Crippen molar-refractivity contribution in [3.05, 3.63) is 0 Å². The number of hydrogen-bond donors (Lipinski definition) is 2. The Bertz CT molecular complexity index is 165. The maximum Gasteiger partial charge on any atom is 0.0774 e. The molecule has 84 valence electrons. The van der Waals surface area contributed by atoms with E-state index in [1.54, 1.807) is 6.92 Å². The van der Waals surface area contributed by atoms with Crippen LogP contribution in [-0.2, 0) is 0 Å². The number of likely N-dealkylation sites (N-methyl/N-ethyl adjacent to an activating group) is 1. The van der Waals surface area contributed by atoms with Gasteiger partial charge >= 0.3 is 0 Å². The van der Waals surface area contributed by atoms with Gasteiger partial charge in [-0.1, -0.05) is 12.8 Å². The third-order valence-electron chi connectivity index (χ3n) is 3.03. The van der Waals surface area contributed by atoms with Crippen molar-refractivity contribution in [1.82, 2.24) is 4.90 Å². The number of aliphatic hydroxyl groups is 2. The fraction of sp³-hybridized carbons (Fsp3) is 1.00. The number of hydrogen-bond acceptors (Lipinski definition) is 3. The largest absolute Gasteiger partial charge is 0.393 e. The molecule has 1 fully saturated rings. The summed E-state index contributed by atoms with van der Waals surface area (Å²) in [6.07, 6.45) is 4.72. The molecule has 1 unspecified atom stereocenters. The fourth-order valence-electron chi connectivity index (χ4n) is 2.18. The molecule has 3 nitrogen and oxygen atoms in total. The molecule has 0 saturated heterocycles. The Labute approximate surface area is 86.7 Å². The van der Waals surface area contributed by atoms with E-state index in [2.05, 4.69) is 4.90 Å². The van der Waals surface area contributed by atoms with Crippen LogP contribution in [0.1, 0.15) is 39.0 Å². The zero-order valence-corrected chi connectivity index (χ0v) is 9.37. The molecule has 1 atom stereocenters. The normalized spacial score (nSPS) is 22.9. The SMILES string of the molecule is CC(O)CCN(C)CC1(O)CCCC1. The first-order valence-electron chi connectivity index (χ1n) is 5.61. The molecule has 1 saturated carbocycles. The molecule has 0 aromatic rings. The maximum atomic E-state index is 10.1. The van der Waals surface area contributed by atoms with Crippen LogP contribution in [0.2, 0.25) is 0 Å². The standard InChI is InChI=1S/C11H23NO2/c1-10(13)5-8-12(2)9-11(14)6-3-4-7-11/h10,13-14H,3-9H2,1-2H3. The Hall–Kier alpha value is -0.120. The molecule has 14 heavy (non-hydrogen) atoms. The topological polar surface area (TPSA) is 43.7 Å². The molecule has 2 N–H and O–H groups in total. The third-order valence-corrected chi connectivity index (χ3v) is 3.03. The second kappa shape index (κ2) is 5.10. The second-order valence-electron chi connectivity index (χ2n) is 4.81. The minimum absolute atomic E-state index is 0.240. The van der Waals surface area contributed by atoms with E-state index in [0.717, 1.165) is 45.2 Å². The number of rotatable bonds is 5. The van der Waals surface area contributed by atoms with E-state index >= 15 is 0 Å². The molecule has 0 amide bonds. The highest BCUT2D eigenvalue weighted by atomic mass is 16.3. The molecule has 0 bridgehead atoms. The van der Waals surface area contributed by atoms with Crippen LogP contribution < -0.4 is 0 Å². The molecule has 0 aromatic carbocycles. The molecule has 0 spiro atoms. The highest BCUT2D eigenvalue weighted by Gasteiger charge is 2.31. The van der Waals surface area contributed by atoms with Crippen LogP contribution in [0, 0.1) is 0 Å². The summed E-state index contributed by atoms with van der Waals surface area (Å²) in [6.45, 7) is 3.41. The molecule has 0 radical (unpaired) electrons. The van der Waals surface area contributed by atoms with Gasteiger partial charge in [0.05, 0.1) is 11.7 Å². The molecular weight excluding hydrogens is 178 g/mol. The number of nitrogens with zero attached hydrogens (tertiary/aromatic N) is 1. The Morgan fingerprint density at radius 1 is 1.36 bits per heavy atom. The van der Waals surface area contributed by atoms with Gasteiger partial charge in [0, 0.05) is 13.1 Å². The summed E-state index contributed by atoms with van der Waals surface area (Å²) in [7, 11) is 2.01. The van der Waals surface area contributed by atoms with Gasteiger partial charge in [0.25, 0.3) is 0 Å². The van der Waals surface area contributed by atoms with Gasteiger partial charge in [0.2, 0.25) is 0 Å². The van der Waals surface area contributed by atoms with Crippen LogP contribution in [0.15, 0.2) is 0 Å². The van der Waals surface area contributed by atoms with Gasteiger partial charge in [-0.2, -0.15) is 0 Å². The van der Waals surface area contributed by atoms with Gasteiger partial charge in [-0.05, 0) is 33.2 Å². The minimum atomic E-state index is -0.451. The molecule has 0 aromatic heterocycles. The van der Waals surface area contributed by atoms with Crippen molar-refractivity contribution < 1.29 is 10.2 Å². The summed E-state index contributed by atoms with van der Waals surface area (Å²) < 4.78 is 0. The van der Waals surface area contributed by atoms with E-state index < -0.39 is 5.60 Å². The first-order valence-corrected chi connectivity index (χ1v) is 5.61. The molecule has 1 aliphatic carbocycles. The highest BCUT2D eigenvalue weighted by Crippen LogP contribution is 2.29. The lowest BCUT2D eigenvalue weighted by atomic mass is 10.0. The third kappa shape index (κ3) is 3.95. The van der Waals surface area contributed by atoms with Crippen molar-refractivity contribution in [3.63, 3.8) is 0 Å². The molecule has 0 heterocycles. The average molecular weight is 201 g/mol. The van der Waals surface area contributed by atoms with E-state index in [4.69, 9.17) is 5.11 Å². The number of aliphatic hydroxyl groups excluding tert-OH is 1. The van der Waals surface area contributed by atoms with Crippen molar-refractivity contribution in [2.24, 2.45) is 0 Å². The molecule has 1 rings (SSSR count). The van der Waals surface area contributed by atoms with E-state index in [1.165, 1.54) is 0 Å². The maximum absolute atomic E-state index is 10.1. The summed E-state index contributed by atoms with van der Waals surface area (Å²) in [6, 6.07) is 0. The van der Waals surface area contributed by atoms with Crippen LogP contribution in [-0.4, -0.2) is 47.0 Å². The van der Waals surface area contributed by atoms with E-state index in [0.29, 0.717) is 0 Å². The second-order valence-corrected chi connectivity index (χ2v) is 4.81. The van der Waals surface area contributed by atoms with Crippen LogP contribution in [0.3, 0.4) is 0 Å². The summed E-state index contributed by atoms with van der Waals surface area (Å²) in [5.74, 6) is 0. The summed E-state index contributed by atoms with van der Waals surface area (Å²) >= 11 is 0. The van der Waals surface area contributed by atoms with Gasteiger partial charge in [0.1, 0.15) is 0 Å². The molecule has 1 aliphatic rings.